The third-order valence-electron chi connectivity index (χ3n) is 3.79. The van der Waals surface area contributed by atoms with E-state index in [2.05, 4.69) is 36.5 Å². The number of rotatable bonds is 4. The summed E-state index contributed by atoms with van der Waals surface area (Å²) in [6.07, 6.45) is -0.410. The van der Waals surface area contributed by atoms with Crippen molar-refractivity contribution in [1.82, 2.24) is 5.32 Å². The molecule has 4 nitrogen and oxygen atoms in total. The highest BCUT2D eigenvalue weighted by molar-refractivity contribution is 5.89. The molecule has 2 aromatic rings. The highest BCUT2D eigenvalue weighted by Crippen LogP contribution is 2.27. The quantitative estimate of drug-likeness (QED) is 0.904. The van der Waals surface area contributed by atoms with Crippen molar-refractivity contribution in [3.05, 3.63) is 47.5 Å². The molecule has 0 aliphatic rings. The minimum absolute atomic E-state index is 0.0491. The Morgan fingerprint density at radius 3 is 2.43 bits per heavy atom. The molecule has 2 rings (SSSR count). The van der Waals surface area contributed by atoms with Crippen LogP contribution in [0, 0.1) is 6.92 Å². The van der Waals surface area contributed by atoms with E-state index in [9.17, 15) is 4.79 Å². The number of nitrogens with two attached hydrogens (primary N) is 1. The van der Waals surface area contributed by atoms with Gasteiger partial charge in [-0.2, -0.15) is 0 Å². The maximum Gasteiger partial charge on any atom is 0.407 e. The van der Waals surface area contributed by atoms with Gasteiger partial charge in [0.25, 0.3) is 0 Å². The second-order valence-corrected chi connectivity index (χ2v) is 6.83. The molecule has 124 valence electrons. The Bertz CT molecular complexity index is 689. The van der Waals surface area contributed by atoms with Crippen LogP contribution in [0.1, 0.15) is 37.8 Å². The third-order valence-corrected chi connectivity index (χ3v) is 3.79. The van der Waals surface area contributed by atoms with Crippen LogP contribution in [0.2, 0.25) is 0 Å². The molecule has 0 fully saturated rings. The van der Waals surface area contributed by atoms with Crippen LogP contribution < -0.4 is 11.1 Å². The first-order valence-electron chi connectivity index (χ1n) is 7.97. The van der Waals surface area contributed by atoms with E-state index in [0.717, 1.165) is 5.56 Å². The lowest BCUT2D eigenvalue weighted by molar-refractivity contribution is 0.0525. The Kier molecular flexibility index (Phi) is 5.26. The first kappa shape index (κ1) is 17.3. The topological polar surface area (TPSA) is 64.3 Å². The van der Waals surface area contributed by atoms with Crippen LogP contribution in [-0.4, -0.2) is 24.8 Å². The number of alkyl carbamates (subject to hydrolysis) is 1. The molecule has 0 radical (unpaired) electrons. The molecule has 4 heteroatoms. The van der Waals surface area contributed by atoms with E-state index in [1.54, 1.807) is 0 Å². The van der Waals surface area contributed by atoms with Gasteiger partial charge in [0.15, 0.2) is 0 Å². The van der Waals surface area contributed by atoms with Gasteiger partial charge in [0, 0.05) is 19.0 Å². The molecule has 0 aliphatic heterocycles. The first-order valence-corrected chi connectivity index (χ1v) is 7.97. The molecule has 0 heterocycles. The molecule has 0 saturated heterocycles. The minimum atomic E-state index is -0.501. The third kappa shape index (κ3) is 4.45. The Hall–Kier alpha value is -2.07. The van der Waals surface area contributed by atoms with Gasteiger partial charge in [-0.25, -0.2) is 4.79 Å². The van der Waals surface area contributed by atoms with Gasteiger partial charge < -0.3 is 15.8 Å². The van der Waals surface area contributed by atoms with Gasteiger partial charge in [-0.15, -0.1) is 0 Å². The Balaban J connectivity index is 2.19. The van der Waals surface area contributed by atoms with Gasteiger partial charge in [-0.3, -0.25) is 0 Å². The number of aryl methyl sites for hydroxylation is 1. The lowest BCUT2D eigenvalue weighted by Crippen LogP contribution is -2.36. The molecule has 23 heavy (non-hydrogen) atoms. The van der Waals surface area contributed by atoms with Gasteiger partial charge in [-0.1, -0.05) is 36.4 Å². The average molecular weight is 314 g/mol. The van der Waals surface area contributed by atoms with E-state index >= 15 is 0 Å². The van der Waals surface area contributed by atoms with Crippen LogP contribution in [-0.2, 0) is 4.74 Å². The number of ether oxygens (including phenoxy) is 1. The van der Waals surface area contributed by atoms with Gasteiger partial charge in [-0.05, 0) is 49.6 Å². The number of hydrogen-bond acceptors (Lipinski definition) is 3. The van der Waals surface area contributed by atoms with E-state index in [0.29, 0.717) is 13.1 Å². The summed E-state index contributed by atoms with van der Waals surface area (Å²) in [6.45, 7) is 8.56. The van der Waals surface area contributed by atoms with Crippen molar-refractivity contribution in [3.8, 4) is 0 Å². The molecule has 0 aromatic heterocycles. The molecule has 1 atom stereocenters. The number of carbonyl (C=O) groups is 1. The lowest BCUT2D eigenvalue weighted by Gasteiger charge is -2.22. The highest BCUT2D eigenvalue weighted by atomic mass is 16.6. The monoisotopic (exact) mass is 314 g/mol. The van der Waals surface area contributed by atoms with Crippen molar-refractivity contribution in [3.63, 3.8) is 0 Å². The van der Waals surface area contributed by atoms with Crippen molar-refractivity contribution in [2.75, 3.05) is 13.1 Å². The number of benzene rings is 2. The molecule has 2 aromatic carbocycles. The summed E-state index contributed by atoms with van der Waals surface area (Å²) in [5.74, 6) is 0.0491. The van der Waals surface area contributed by atoms with Gasteiger partial charge >= 0.3 is 6.09 Å². The molecular formula is C19H26N2O2. The minimum Gasteiger partial charge on any atom is -0.444 e. The zero-order valence-electron chi connectivity index (χ0n) is 14.3. The van der Waals surface area contributed by atoms with E-state index in [1.807, 2.05) is 32.9 Å². The number of amides is 1. The molecule has 0 bridgehead atoms. The van der Waals surface area contributed by atoms with Crippen molar-refractivity contribution < 1.29 is 9.53 Å². The predicted molar refractivity (Wildman–Crippen MR) is 94.7 cm³/mol. The maximum absolute atomic E-state index is 11.9. The van der Waals surface area contributed by atoms with Crippen LogP contribution in [0.4, 0.5) is 4.79 Å². The number of fused-ring (bicyclic) bond motifs is 1. The largest absolute Gasteiger partial charge is 0.444 e. The summed E-state index contributed by atoms with van der Waals surface area (Å²) in [5, 5.41) is 5.24. The number of nitrogens with one attached hydrogen (secondary N) is 1. The molecule has 0 spiro atoms. The summed E-state index contributed by atoms with van der Waals surface area (Å²) in [4.78, 5) is 11.9. The zero-order valence-corrected chi connectivity index (χ0v) is 14.3. The summed E-state index contributed by atoms with van der Waals surface area (Å²) in [5.41, 5.74) is 7.85. The predicted octanol–water partition coefficient (Wildman–Crippen LogP) is 3.72. The Morgan fingerprint density at radius 2 is 1.83 bits per heavy atom. The van der Waals surface area contributed by atoms with Crippen LogP contribution in [0.25, 0.3) is 10.8 Å². The molecule has 0 aliphatic carbocycles. The first-order chi connectivity index (χ1) is 10.8. The van der Waals surface area contributed by atoms with Gasteiger partial charge in [0.2, 0.25) is 0 Å². The molecule has 0 saturated carbocycles. The van der Waals surface area contributed by atoms with Crippen molar-refractivity contribution >= 4 is 16.9 Å². The molecular weight excluding hydrogens is 288 g/mol. The SMILES string of the molecule is Cc1ccc(C(CN)CNC(=O)OC(C)(C)C)c2ccccc12. The Morgan fingerprint density at radius 1 is 1.17 bits per heavy atom. The average Bonchev–Trinajstić information content (AvgIpc) is 2.48. The maximum atomic E-state index is 11.9. The summed E-state index contributed by atoms with van der Waals surface area (Å²) < 4.78 is 5.28. The van der Waals surface area contributed by atoms with Crippen molar-refractivity contribution in [2.45, 2.75) is 39.2 Å². The van der Waals surface area contributed by atoms with E-state index < -0.39 is 11.7 Å². The fourth-order valence-corrected chi connectivity index (χ4v) is 2.67. The second-order valence-electron chi connectivity index (χ2n) is 6.83. The normalized spacial score (nSPS) is 12.9. The van der Waals surface area contributed by atoms with Crippen LogP contribution in [0.15, 0.2) is 36.4 Å². The molecule has 1 amide bonds. The van der Waals surface area contributed by atoms with Crippen molar-refractivity contribution in [1.29, 1.82) is 0 Å². The van der Waals surface area contributed by atoms with E-state index in [1.165, 1.54) is 16.3 Å². The summed E-state index contributed by atoms with van der Waals surface area (Å²) in [7, 11) is 0. The number of carbonyl (C=O) groups excluding carboxylic acids is 1. The molecule has 3 N–H and O–H groups in total. The van der Waals surface area contributed by atoms with E-state index in [4.69, 9.17) is 10.5 Å². The van der Waals surface area contributed by atoms with Crippen LogP contribution >= 0.6 is 0 Å². The Labute approximate surface area is 138 Å². The fourth-order valence-electron chi connectivity index (χ4n) is 2.67. The van der Waals surface area contributed by atoms with Crippen LogP contribution in [0.3, 0.4) is 0 Å². The van der Waals surface area contributed by atoms with Gasteiger partial charge in [0.1, 0.15) is 5.60 Å². The fraction of sp³-hybridized carbons (Fsp3) is 0.421. The smallest absolute Gasteiger partial charge is 0.407 e. The van der Waals surface area contributed by atoms with Crippen LogP contribution in [0.5, 0.6) is 0 Å². The number of hydrogen-bond donors (Lipinski definition) is 2. The van der Waals surface area contributed by atoms with Gasteiger partial charge in [0.05, 0.1) is 0 Å². The molecule has 1 unspecified atom stereocenters. The van der Waals surface area contributed by atoms with Crippen molar-refractivity contribution in [2.24, 2.45) is 5.73 Å². The summed E-state index contributed by atoms with van der Waals surface area (Å²) in [6, 6.07) is 12.5. The lowest BCUT2D eigenvalue weighted by atomic mass is 9.91. The zero-order chi connectivity index (χ0) is 17.0. The standard InChI is InChI=1S/C19H26N2O2/c1-13-9-10-16(17-8-6-5-7-15(13)17)14(11-20)12-21-18(22)23-19(2,3)4/h5-10,14H,11-12,20H2,1-4H3,(H,21,22). The highest BCUT2D eigenvalue weighted by Gasteiger charge is 2.19. The second kappa shape index (κ2) is 7.01. The summed E-state index contributed by atoms with van der Waals surface area (Å²) >= 11 is 0. The van der Waals surface area contributed by atoms with E-state index in [-0.39, 0.29) is 5.92 Å².